The molecule has 8 heteroatoms. The molecular weight excluding hydrogens is 474 g/mol. The van der Waals surface area contributed by atoms with Crippen molar-refractivity contribution in [1.29, 1.82) is 0 Å². The van der Waals surface area contributed by atoms with Gasteiger partial charge in [-0.25, -0.2) is 4.79 Å². The van der Waals surface area contributed by atoms with E-state index in [4.69, 9.17) is 14.2 Å². The van der Waals surface area contributed by atoms with Crippen LogP contribution in [0.4, 0.5) is 5.69 Å². The standard InChI is InChI=1S/C29H27NO7/c1-18-7-10-23(13-19(18)2)30-16-22(15-27(30)32)28(33)36-17-26(31)20-8-11-24(12-9-20)37-29(34)21-5-4-6-25(14-21)35-3/h4-14,22H,15-17H2,1-3H3/t22-/m0/s1. The van der Waals surface area contributed by atoms with Crippen molar-refractivity contribution >= 4 is 29.3 Å². The SMILES string of the molecule is COc1cccc(C(=O)Oc2ccc(C(=O)COC(=O)[C@H]3CC(=O)N(c4ccc(C)c(C)c4)C3)cc2)c1. The summed E-state index contributed by atoms with van der Waals surface area (Å²) in [5.41, 5.74) is 3.55. The third kappa shape index (κ3) is 6.03. The second-order valence-electron chi connectivity index (χ2n) is 8.85. The molecule has 37 heavy (non-hydrogen) atoms. The lowest BCUT2D eigenvalue weighted by Gasteiger charge is -2.17. The molecule has 3 aromatic rings. The van der Waals surface area contributed by atoms with Crippen molar-refractivity contribution in [2.24, 2.45) is 5.92 Å². The fourth-order valence-electron chi connectivity index (χ4n) is 3.97. The lowest BCUT2D eigenvalue weighted by molar-refractivity contribution is -0.147. The van der Waals surface area contributed by atoms with Crippen LogP contribution >= 0.6 is 0 Å². The number of carbonyl (C=O) groups is 4. The molecule has 1 aliphatic heterocycles. The van der Waals surface area contributed by atoms with Crippen molar-refractivity contribution in [1.82, 2.24) is 0 Å². The molecule has 0 aliphatic carbocycles. The Hall–Kier alpha value is -4.46. The van der Waals surface area contributed by atoms with Crippen LogP contribution in [0.1, 0.15) is 38.3 Å². The van der Waals surface area contributed by atoms with Crippen LogP contribution in [0.15, 0.2) is 66.7 Å². The number of amides is 1. The molecule has 0 saturated carbocycles. The van der Waals surface area contributed by atoms with Crippen molar-refractivity contribution in [2.45, 2.75) is 20.3 Å². The van der Waals surface area contributed by atoms with Gasteiger partial charge in [0, 0.05) is 24.2 Å². The molecule has 3 aromatic carbocycles. The maximum absolute atomic E-state index is 12.6. The maximum Gasteiger partial charge on any atom is 0.343 e. The van der Waals surface area contributed by atoms with Crippen LogP contribution in [-0.2, 0) is 14.3 Å². The number of benzene rings is 3. The number of ketones is 1. The van der Waals surface area contributed by atoms with Crippen molar-refractivity contribution < 1.29 is 33.4 Å². The Balaban J connectivity index is 1.29. The number of ether oxygens (including phenoxy) is 3. The highest BCUT2D eigenvalue weighted by atomic mass is 16.5. The molecule has 1 fully saturated rings. The lowest BCUT2D eigenvalue weighted by atomic mass is 10.1. The van der Waals surface area contributed by atoms with E-state index in [0.29, 0.717) is 16.9 Å². The van der Waals surface area contributed by atoms with E-state index in [1.165, 1.54) is 31.4 Å². The van der Waals surface area contributed by atoms with E-state index < -0.39 is 30.2 Å². The van der Waals surface area contributed by atoms with Crippen LogP contribution in [0, 0.1) is 19.8 Å². The number of rotatable bonds is 8. The molecule has 1 heterocycles. The predicted molar refractivity (Wildman–Crippen MR) is 136 cm³/mol. The third-order valence-electron chi connectivity index (χ3n) is 6.30. The third-order valence-corrected chi connectivity index (χ3v) is 6.30. The van der Waals surface area contributed by atoms with Gasteiger partial charge in [0.15, 0.2) is 12.4 Å². The number of nitrogens with zero attached hydrogens (tertiary/aromatic N) is 1. The largest absolute Gasteiger partial charge is 0.497 e. The summed E-state index contributed by atoms with van der Waals surface area (Å²) < 4.78 is 15.7. The van der Waals surface area contributed by atoms with Gasteiger partial charge in [-0.2, -0.15) is 0 Å². The van der Waals surface area contributed by atoms with E-state index >= 15 is 0 Å². The molecule has 0 bridgehead atoms. The summed E-state index contributed by atoms with van der Waals surface area (Å²) in [6.45, 7) is 3.72. The molecule has 0 radical (unpaired) electrons. The Morgan fingerprint density at radius 3 is 2.35 bits per heavy atom. The minimum atomic E-state index is -0.639. The van der Waals surface area contributed by atoms with Crippen LogP contribution in [0.5, 0.6) is 11.5 Å². The van der Waals surface area contributed by atoms with E-state index in [1.54, 1.807) is 29.2 Å². The molecule has 0 aromatic heterocycles. The van der Waals surface area contributed by atoms with E-state index in [0.717, 1.165) is 16.8 Å². The first kappa shape index (κ1) is 25.6. The quantitative estimate of drug-likeness (QED) is 0.258. The Bertz CT molecular complexity index is 1350. The van der Waals surface area contributed by atoms with Crippen LogP contribution in [0.25, 0.3) is 0 Å². The zero-order valence-electron chi connectivity index (χ0n) is 20.9. The molecule has 190 valence electrons. The van der Waals surface area contributed by atoms with Crippen molar-refractivity contribution in [3.05, 3.63) is 89.0 Å². The average Bonchev–Trinajstić information content (AvgIpc) is 3.30. The van der Waals surface area contributed by atoms with Gasteiger partial charge in [-0.3, -0.25) is 14.4 Å². The Kier molecular flexibility index (Phi) is 7.67. The average molecular weight is 502 g/mol. The smallest absolute Gasteiger partial charge is 0.343 e. The first-order chi connectivity index (χ1) is 17.7. The molecule has 1 atom stereocenters. The maximum atomic E-state index is 12.6. The minimum absolute atomic E-state index is 0.0350. The van der Waals surface area contributed by atoms with Crippen molar-refractivity contribution in [2.75, 3.05) is 25.2 Å². The molecule has 1 amide bonds. The molecule has 4 rings (SSSR count). The number of carbonyl (C=O) groups excluding carboxylic acids is 4. The summed E-state index contributed by atoms with van der Waals surface area (Å²) >= 11 is 0. The second-order valence-corrected chi connectivity index (χ2v) is 8.85. The van der Waals surface area contributed by atoms with Crippen molar-refractivity contribution in [3.63, 3.8) is 0 Å². The molecular formula is C29H27NO7. The molecule has 0 spiro atoms. The molecule has 1 aliphatic rings. The Morgan fingerprint density at radius 1 is 0.892 bits per heavy atom. The molecule has 0 unspecified atom stereocenters. The van der Waals surface area contributed by atoms with Gasteiger partial charge in [-0.05, 0) is 79.6 Å². The summed E-state index contributed by atoms with van der Waals surface area (Å²) in [6, 6.07) is 18.2. The van der Waals surface area contributed by atoms with Gasteiger partial charge in [0.1, 0.15) is 11.5 Å². The first-order valence-electron chi connectivity index (χ1n) is 11.8. The lowest BCUT2D eigenvalue weighted by Crippen LogP contribution is -2.27. The summed E-state index contributed by atoms with van der Waals surface area (Å²) in [4.78, 5) is 51.5. The van der Waals surface area contributed by atoms with Gasteiger partial charge < -0.3 is 19.1 Å². The number of hydrogen-bond acceptors (Lipinski definition) is 7. The number of aryl methyl sites for hydroxylation is 2. The van der Waals surface area contributed by atoms with Gasteiger partial charge >= 0.3 is 11.9 Å². The highest BCUT2D eigenvalue weighted by Crippen LogP contribution is 2.27. The summed E-state index contributed by atoms with van der Waals surface area (Å²) in [5, 5.41) is 0. The summed E-state index contributed by atoms with van der Waals surface area (Å²) in [5.74, 6) is -1.56. The Labute approximate surface area is 214 Å². The number of anilines is 1. The predicted octanol–water partition coefficient (Wildman–Crippen LogP) is 4.31. The normalized spacial score (nSPS) is 14.8. The van der Waals surface area contributed by atoms with Gasteiger partial charge in [0.05, 0.1) is 18.6 Å². The zero-order valence-corrected chi connectivity index (χ0v) is 20.9. The molecule has 8 nitrogen and oxygen atoms in total. The van der Waals surface area contributed by atoms with E-state index in [9.17, 15) is 19.2 Å². The summed E-state index contributed by atoms with van der Waals surface area (Å²) in [7, 11) is 1.51. The van der Waals surface area contributed by atoms with Crippen LogP contribution in [0.3, 0.4) is 0 Å². The summed E-state index contributed by atoms with van der Waals surface area (Å²) in [6.07, 6.45) is 0.0350. The van der Waals surface area contributed by atoms with Crippen LogP contribution in [0.2, 0.25) is 0 Å². The number of Topliss-reactive ketones (excluding diaryl/α,β-unsaturated/α-hetero) is 1. The van der Waals surface area contributed by atoms with Gasteiger partial charge in [0.25, 0.3) is 0 Å². The number of esters is 2. The van der Waals surface area contributed by atoms with Gasteiger partial charge in [-0.15, -0.1) is 0 Å². The topological polar surface area (TPSA) is 99.2 Å². The highest BCUT2D eigenvalue weighted by molar-refractivity contribution is 6.01. The van der Waals surface area contributed by atoms with E-state index in [2.05, 4.69) is 0 Å². The number of methoxy groups -OCH3 is 1. The highest BCUT2D eigenvalue weighted by Gasteiger charge is 2.36. The zero-order chi connectivity index (χ0) is 26.5. The Morgan fingerprint density at radius 2 is 1.65 bits per heavy atom. The van der Waals surface area contributed by atoms with E-state index in [1.807, 2.05) is 32.0 Å². The van der Waals surface area contributed by atoms with Gasteiger partial charge in [0.2, 0.25) is 5.91 Å². The fraction of sp³-hybridized carbons (Fsp3) is 0.241. The molecule has 0 N–H and O–H groups in total. The first-order valence-corrected chi connectivity index (χ1v) is 11.8. The molecule has 1 saturated heterocycles. The fourth-order valence-corrected chi connectivity index (χ4v) is 3.97. The van der Waals surface area contributed by atoms with Gasteiger partial charge in [-0.1, -0.05) is 12.1 Å². The second kappa shape index (κ2) is 11.1. The minimum Gasteiger partial charge on any atom is -0.497 e. The van der Waals surface area contributed by atoms with E-state index in [-0.39, 0.29) is 24.6 Å². The number of hydrogen-bond donors (Lipinski definition) is 0. The van der Waals surface area contributed by atoms with Crippen LogP contribution in [-0.4, -0.2) is 43.9 Å². The van der Waals surface area contributed by atoms with Crippen LogP contribution < -0.4 is 14.4 Å². The van der Waals surface area contributed by atoms with Crippen molar-refractivity contribution in [3.8, 4) is 11.5 Å². The monoisotopic (exact) mass is 501 g/mol.